The minimum absolute atomic E-state index is 0.534. The maximum absolute atomic E-state index is 2.52. The van der Waals surface area contributed by atoms with Gasteiger partial charge in [0.2, 0.25) is 0 Å². The smallest absolute Gasteiger partial charge is 0.0754 e. The van der Waals surface area contributed by atoms with Crippen LogP contribution in [-0.2, 0) is 10.8 Å². The maximum atomic E-state index is 2.52. The first-order chi connectivity index (χ1) is 40.7. The van der Waals surface area contributed by atoms with Crippen LogP contribution in [0.1, 0.15) is 44.5 Å². The molecule has 82 heavy (non-hydrogen) atoms. The molecule has 1 unspecified atom stereocenters. The van der Waals surface area contributed by atoms with E-state index in [1.165, 1.54) is 128 Å². The molecule has 3 aliphatic rings. The van der Waals surface area contributed by atoms with Gasteiger partial charge in [-0.25, -0.2) is 0 Å². The predicted molar refractivity (Wildman–Crippen MR) is 340 cm³/mol. The summed E-state index contributed by atoms with van der Waals surface area (Å²) < 4.78 is 2.52. The highest BCUT2D eigenvalue weighted by atomic mass is 15.1. The first-order valence-corrected chi connectivity index (χ1v) is 28.6. The Morgan fingerprint density at radius 1 is 0.256 bits per heavy atom. The number of para-hydroxylation sites is 3. The largest absolute Gasteiger partial charge is 0.310 e. The SMILES string of the molecule is c1ccc(-c2ccc(-c3ccc(N(c4ccc(-c5cccc6c5-c5ccccc5C65c6ccccc6-n6c7ccccc7c7cccc5c76)cc4)c4cccc5c4-c4ccccc4C5(c4ccccc4)c4ccccc4)cc3)cc2)cc1. The van der Waals surface area contributed by atoms with Crippen LogP contribution in [0.25, 0.3) is 83.1 Å². The first-order valence-electron chi connectivity index (χ1n) is 28.6. The standard InChI is InChI=1S/C80H52N2/c1-4-21-53(22-5-1)54-41-43-55(44-42-54)56-45-49-60(50-46-56)81(75-40-20-36-71-77(75)66-29-11-13-32-67(66)79(71,58-23-6-2-7-24-58)59-25-8-3-9-26-59)61-51-47-57(48-52-61)62-30-18-35-70-76(62)65-28-10-14-33-68(65)80(70)69-34-15-17-39-74(69)82-73-38-16-12-27-63(73)64-31-19-37-72(80)78(64)82/h1-52H. The van der Waals surface area contributed by atoms with Crippen molar-refractivity contribution in [3.05, 3.63) is 360 Å². The highest BCUT2D eigenvalue weighted by molar-refractivity contribution is 6.13. The molecule has 2 heterocycles. The average molecular weight is 1040 g/mol. The molecule has 0 radical (unpaired) electrons. The van der Waals surface area contributed by atoms with E-state index in [-0.39, 0.29) is 0 Å². The van der Waals surface area contributed by atoms with Crippen LogP contribution >= 0.6 is 0 Å². The van der Waals surface area contributed by atoms with Gasteiger partial charge in [-0.1, -0.05) is 273 Å². The van der Waals surface area contributed by atoms with Crippen LogP contribution < -0.4 is 4.90 Å². The van der Waals surface area contributed by atoms with E-state index in [1.54, 1.807) is 0 Å². The third-order valence-corrected chi connectivity index (χ3v) is 18.3. The number of nitrogens with zero attached hydrogens (tertiary/aromatic N) is 2. The van der Waals surface area contributed by atoms with Crippen LogP contribution in [-0.4, -0.2) is 4.57 Å². The Balaban J connectivity index is 0.850. The number of aromatic nitrogens is 1. The molecule has 14 aromatic rings. The van der Waals surface area contributed by atoms with Crippen LogP contribution in [0, 0.1) is 0 Å². The van der Waals surface area contributed by atoms with E-state index < -0.39 is 10.8 Å². The highest BCUT2D eigenvalue weighted by Gasteiger charge is 2.52. The molecule has 0 bridgehead atoms. The number of rotatable bonds is 8. The van der Waals surface area contributed by atoms with E-state index in [1.807, 2.05) is 0 Å². The Kier molecular flexibility index (Phi) is 10.2. The minimum atomic E-state index is -0.544. The molecule has 0 amide bonds. The Bertz CT molecular complexity index is 4780. The lowest BCUT2D eigenvalue weighted by Gasteiger charge is -2.39. The van der Waals surface area contributed by atoms with Crippen LogP contribution in [0.2, 0.25) is 0 Å². The number of anilines is 3. The third kappa shape index (κ3) is 6.40. The van der Waals surface area contributed by atoms with Crippen molar-refractivity contribution in [1.29, 1.82) is 0 Å². The van der Waals surface area contributed by atoms with E-state index in [2.05, 4.69) is 325 Å². The normalized spacial score (nSPS) is 14.7. The van der Waals surface area contributed by atoms with Crippen molar-refractivity contribution in [3.63, 3.8) is 0 Å². The van der Waals surface area contributed by atoms with E-state index in [4.69, 9.17) is 0 Å². The molecule has 2 nitrogen and oxygen atoms in total. The summed E-state index contributed by atoms with van der Waals surface area (Å²) in [4.78, 5) is 2.49. The quantitative estimate of drug-likeness (QED) is 0.147. The Morgan fingerprint density at radius 3 is 1.34 bits per heavy atom. The van der Waals surface area contributed by atoms with Gasteiger partial charge in [0, 0.05) is 27.7 Å². The first kappa shape index (κ1) is 46.4. The van der Waals surface area contributed by atoms with E-state index in [0.717, 1.165) is 17.1 Å². The molecule has 0 N–H and O–H groups in total. The summed E-state index contributed by atoms with van der Waals surface area (Å²) in [6.07, 6.45) is 0. The number of hydrogen-bond acceptors (Lipinski definition) is 1. The fourth-order valence-corrected chi connectivity index (χ4v) is 15.0. The zero-order valence-corrected chi connectivity index (χ0v) is 44.9. The van der Waals surface area contributed by atoms with Crippen LogP contribution in [0.15, 0.2) is 315 Å². The summed E-state index contributed by atoms with van der Waals surface area (Å²) in [5.74, 6) is 0. The lowest BCUT2D eigenvalue weighted by atomic mass is 9.65. The number of hydrogen-bond donors (Lipinski definition) is 0. The summed E-state index contributed by atoms with van der Waals surface area (Å²) in [7, 11) is 0. The van der Waals surface area contributed by atoms with Gasteiger partial charge in [-0.2, -0.15) is 0 Å². The van der Waals surface area contributed by atoms with Gasteiger partial charge in [-0.05, 0) is 137 Å². The molecule has 17 rings (SSSR count). The molecule has 1 spiro atoms. The zero-order valence-electron chi connectivity index (χ0n) is 44.9. The average Bonchev–Trinajstić information content (AvgIpc) is 1.73. The molecule has 2 aliphatic carbocycles. The molecule has 0 saturated carbocycles. The van der Waals surface area contributed by atoms with Gasteiger partial charge in [-0.15, -0.1) is 0 Å². The molecule has 0 saturated heterocycles. The molecule has 1 aromatic heterocycles. The monoisotopic (exact) mass is 1040 g/mol. The van der Waals surface area contributed by atoms with Crippen LogP contribution in [0.4, 0.5) is 17.1 Å². The molecule has 1 atom stereocenters. The Hall–Kier alpha value is -10.5. The van der Waals surface area contributed by atoms with Crippen molar-refractivity contribution in [3.8, 4) is 61.3 Å². The fraction of sp³-hybridized carbons (Fsp3) is 0.0250. The van der Waals surface area contributed by atoms with Crippen molar-refractivity contribution in [2.75, 3.05) is 4.90 Å². The van der Waals surface area contributed by atoms with Gasteiger partial charge in [0.15, 0.2) is 0 Å². The molecular weight excluding hydrogens is 989 g/mol. The Labute approximate surface area is 477 Å². The van der Waals surface area contributed by atoms with Crippen molar-refractivity contribution in [2.24, 2.45) is 0 Å². The second kappa shape index (κ2) is 18.0. The molecule has 0 fully saturated rings. The second-order valence-corrected chi connectivity index (χ2v) is 22.2. The predicted octanol–water partition coefficient (Wildman–Crippen LogP) is 20.3. The number of fused-ring (bicyclic) bond motifs is 15. The van der Waals surface area contributed by atoms with E-state index >= 15 is 0 Å². The third-order valence-electron chi connectivity index (χ3n) is 18.3. The Morgan fingerprint density at radius 2 is 0.683 bits per heavy atom. The van der Waals surface area contributed by atoms with Crippen molar-refractivity contribution in [1.82, 2.24) is 4.57 Å². The minimum Gasteiger partial charge on any atom is -0.310 e. The van der Waals surface area contributed by atoms with Gasteiger partial charge in [0.1, 0.15) is 0 Å². The lowest BCUT2D eigenvalue weighted by Crippen LogP contribution is -2.33. The molecule has 382 valence electrons. The summed E-state index contributed by atoms with van der Waals surface area (Å²) in [5.41, 5.74) is 28.5. The summed E-state index contributed by atoms with van der Waals surface area (Å²) in [6, 6.07) is 118. The fourth-order valence-electron chi connectivity index (χ4n) is 15.0. The summed E-state index contributed by atoms with van der Waals surface area (Å²) >= 11 is 0. The van der Waals surface area contributed by atoms with Crippen molar-refractivity contribution >= 4 is 38.9 Å². The summed E-state index contributed by atoms with van der Waals surface area (Å²) in [5, 5.41) is 2.57. The summed E-state index contributed by atoms with van der Waals surface area (Å²) in [6.45, 7) is 0. The lowest BCUT2D eigenvalue weighted by molar-refractivity contribution is 0.748. The van der Waals surface area contributed by atoms with E-state index in [0.29, 0.717) is 0 Å². The zero-order chi connectivity index (χ0) is 53.9. The number of benzene rings is 13. The maximum Gasteiger partial charge on any atom is 0.0754 e. The van der Waals surface area contributed by atoms with Gasteiger partial charge < -0.3 is 9.47 Å². The van der Waals surface area contributed by atoms with Crippen molar-refractivity contribution in [2.45, 2.75) is 10.8 Å². The van der Waals surface area contributed by atoms with Crippen LogP contribution in [0.5, 0.6) is 0 Å². The van der Waals surface area contributed by atoms with Gasteiger partial charge in [0.25, 0.3) is 0 Å². The highest BCUT2D eigenvalue weighted by Crippen LogP contribution is 2.63. The van der Waals surface area contributed by atoms with Gasteiger partial charge >= 0.3 is 0 Å². The van der Waals surface area contributed by atoms with Crippen molar-refractivity contribution < 1.29 is 0 Å². The van der Waals surface area contributed by atoms with E-state index in [9.17, 15) is 0 Å². The molecule has 13 aromatic carbocycles. The second-order valence-electron chi connectivity index (χ2n) is 22.2. The van der Waals surface area contributed by atoms with Gasteiger partial charge in [0.05, 0.1) is 33.2 Å². The van der Waals surface area contributed by atoms with Gasteiger partial charge in [-0.3, -0.25) is 0 Å². The molecule has 1 aliphatic heterocycles. The van der Waals surface area contributed by atoms with Crippen LogP contribution in [0.3, 0.4) is 0 Å². The topological polar surface area (TPSA) is 8.17 Å². The molecule has 2 heteroatoms. The molecular formula is C80H52N2.